The number of hydrogen-bond acceptors (Lipinski definition) is 2. The Morgan fingerprint density at radius 3 is 3.06 bits per heavy atom. The van der Waals surface area contributed by atoms with Crippen LogP contribution in [0.4, 0.5) is 0 Å². The molecule has 0 aliphatic rings. The topological polar surface area (TPSA) is 46.9 Å². The van der Waals surface area contributed by atoms with Crippen LogP contribution in [0.15, 0.2) is 41.1 Å². The van der Waals surface area contributed by atoms with Crippen molar-refractivity contribution in [3.8, 4) is 0 Å². The molecule has 18 heavy (non-hydrogen) atoms. The van der Waals surface area contributed by atoms with Gasteiger partial charge in [0.1, 0.15) is 0 Å². The van der Waals surface area contributed by atoms with E-state index in [9.17, 15) is 4.79 Å². The monoisotopic (exact) mass is 327 g/mol. The van der Waals surface area contributed by atoms with Crippen LogP contribution < -0.4 is 5.32 Å². The number of amides is 1. The molecule has 1 amide bonds. The van der Waals surface area contributed by atoms with Crippen LogP contribution in [0.3, 0.4) is 0 Å². The molecule has 0 bridgehead atoms. The second kappa shape index (κ2) is 6.02. The van der Waals surface area contributed by atoms with Gasteiger partial charge in [0.15, 0.2) is 0 Å². The zero-order valence-electron chi connectivity index (χ0n) is 9.44. The van der Waals surface area contributed by atoms with Crippen molar-refractivity contribution in [3.63, 3.8) is 0 Å². The van der Waals surface area contributed by atoms with E-state index >= 15 is 0 Å². The number of aromatic nitrogens is 2. The number of carbonyl (C=O) groups is 1. The number of benzene rings is 1. The summed E-state index contributed by atoms with van der Waals surface area (Å²) in [5.74, 6) is -0.187. The van der Waals surface area contributed by atoms with E-state index in [1.807, 2.05) is 12.3 Å². The van der Waals surface area contributed by atoms with E-state index in [0.29, 0.717) is 23.7 Å². The maximum absolute atomic E-state index is 11.9. The normalized spacial score (nSPS) is 10.3. The second-order valence-electron chi connectivity index (χ2n) is 3.65. The highest BCUT2D eigenvalue weighted by Crippen LogP contribution is 2.20. The third kappa shape index (κ3) is 3.34. The first kappa shape index (κ1) is 13.1. The van der Waals surface area contributed by atoms with Gasteiger partial charge in [0.2, 0.25) is 0 Å². The molecule has 4 nitrogen and oxygen atoms in total. The summed E-state index contributed by atoms with van der Waals surface area (Å²) in [5.41, 5.74) is 0.464. The summed E-state index contributed by atoms with van der Waals surface area (Å²) in [6.45, 7) is 1.13. The van der Waals surface area contributed by atoms with Gasteiger partial charge in [-0.1, -0.05) is 27.5 Å². The van der Waals surface area contributed by atoms with Gasteiger partial charge < -0.3 is 5.32 Å². The molecule has 0 spiro atoms. The summed E-state index contributed by atoms with van der Waals surface area (Å²) < 4.78 is 2.58. The van der Waals surface area contributed by atoms with Gasteiger partial charge in [0.05, 0.1) is 17.1 Å². The van der Waals surface area contributed by atoms with Gasteiger partial charge in [-0.25, -0.2) is 0 Å². The van der Waals surface area contributed by atoms with Crippen molar-refractivity contribution in [3.05, 3.63) is 51.7 Å². The summed E-state index contributed by atoms with van der Waals surface area (Å²) in [5, 5.41) is 7.29. The molecule has 0 saturated carbocycles. The first-order valence-electron chi connectivity index (χ1n) is 5.37. The molecule has 2 aromatic rings. The third-order valence-electron chi connectivity index (χ3n) is 2.36. The van der Waals surface area contributed by atoms with E-state index in [0.717, 1.165) is 4.47 Å². The lowest BCUT2D eigenvalue weighted by molar-refractivity contribution is 0.0952. The fourth-order valence-corrected chi connectivity index (χ4v) is 2.05. The molecule has 0 fully saturated rings. The summed E-state index contributed by atoms with van der Waals surface area (Å²) in [4.78, 5) is 11.9. The van der Waals surface area contributed by atoms with Crippen LogP contribution in [0.25, 0.3) is 0 Å². The quantitative estimate of drug-likeness (QED) is 0.938. The molecule has 6 heteroatoms. The zero-order chi connectivity index (χ0) is 13.0. The molecule has 1 heterocycles. The predicted octanol–water partition coefficient (Wildman–Crippen LogP) is 2.73. The molecule has 0 saturated heterocycles. The van der Waals surface area contributed by atoms with Crippen molar-refractivity contribution in [2.24, 2.45) is 0 Å². The lowest BCUT2D eigenvalue weighted by atomic mass is 10.2. The van der Waals surface area contributed by atoms with Crippen molar-refractivity contribution in [2.75, 3.05) is 6.54 Å². The van der Waals surface area contributed by atoms with Crippen LogP contribution in [-0.2, 0) is 6.54 Å². The van der Waals surface area contributed by atoms with Crippen LogP contribution >= 0.6 is 27.5 Å². The molecule has 0 aliphatic carbocycles. The molecule has 0 aliphatic heterocycles. The van der Waals surface area contributed by atoms with Gasteiger partial charge in [-0.15, -0.1) is 0 Å². The lowest BCUT2D eigenvalue weighted by Gasteiger charge is -2.07. The summed E-state index contributed by atoms with van der Waals surface area (Å²) in [6.07, 6.45) is 3.55. The summed E-state index contributed by atoms with van der Waals surface area (Å²) in [6, 6.07) is 7.02. The maximum atomic E-state index is 11.9. The SMILES string of the molecule is O=C(NCCn1cccn1)c1cc(Br)ccc1Cl. The molecule has 0 radical (unpaired) electrons. The van der Waals surface area contributed by atoms with Gasteiger partial charge in [-0.05, 0) is 24.3 Å². The third-order valence-corrected chi connectivity index (χ3v) is 3.18. The van der Waals surface area contributed by atoms with Gasteiger partial charge in [0.25, 0.3) is 5.91 Å². The molecular weight excluding hydrogens is 318 g/mol. The Morgan fingerprint density at radius 2 is 2.33 bits per heavy atom. The molecule has 1 N–H and O–H groups in total. The van der Waals surface area contributed by atoms with Gasteiger partial charge in [-0.3, -0.25) is 9.48 Å². The minimum Gasteiger partial charge on any atom is -0.350 e. The van der Waals surface area contributed by atoms with Crippen LogP contribution in [0.1, 0.15) is 10.4 Å². The van der Waals surface area contributed by atoms with Crippen LogP contribution in [0.2, 0.25) is 5.02 Å². The molecule has 94 valence electrons. The molecule has 2 rings (SSSR count). The maximum Gasteiger partial charge on any atom is 0.252 e. The van der Waals surface area contributed by atoms with E-state index in [1.54, 1.807) is 29.1 Å². The summed E-state index contributed by atoms with van der Waals surface area (Å²) >= 11 is 9.28. The van der Waals surface area contributed by atoms with E-state index in [2.05, 4.69) is 26.3 Å². The largest absolute Gasteiger partial charge is 0.350 e. The zero-order valence-corrected chi connectivity index (χ0v) is 11.8. The molecule has 0 atom stereocenters. The van der Waals surface area contributed by atoms with Gasteiger partial charge in [-0.2, -0.15) is 5.10 Å². The van der Waals surface area contributed by atoms with Crippen molar-refractivity contribution in [1.82, 2.24) is 15.1 Å². The Bertz CT molecular complexity index is 542. The average molecular weight is 329 g/mol. The number of rotatable bonds is 4. The molecule has 1 aromatic heterocycles. The smallest absolute Gasteiger partial charge is 0.252 e. The lowest BCUT2D eigenvalue weighted by Crippen LogP contribution is -2.27. The molecule has 0 unspecified atom stereocenters. The fourth-order valence-electron chi connectivity index (χ4n) is 1.48. The van der Waals surface area contributed by atoms with Crippen LogP contribution in [0, 0.1) is 0 Å². The van der Waals surface area contributed by atoms with E-state index in [1.165, 1.54) is 0 Å². The van der Waals surface area contributed by atoms with E-state index < -0.39 is 0 Å². The standard InChI is InChI=1S/C12H11BrClN3O/c13-9-2-3-11(14)10(8-9)12(18)15-5-7-17-6-1-4-16-17/h1-4,6,8H,5,7H2,(H,15,18). The van der Waals surface area contributed by atoms with Gasteiger partial charge >= 0.3 is 0 Å². The number of nitrogens with zero attached hydrogens (tertiary/aromatic N) is 2. The Balaban J connectivity index is 1.93. The fraction of sp³-hybridized carbons (Fsp3) is 0.167. The Labute approximate surface area is 118 Å². The minimum atomic E-state index is -0.187. The minimum absolute atomic E-state index is 0.187. The highest BCUT2D eigenvalue weighted by atomic mass is 79.9. The Morgan fingerprint density at radius 1 is 1.50 bits per heavy atom. The number of halogens is 2. The average Bonchev–Trinajstić information content (AvgIpc) is 2.85. The van der Waals surface area contributed by atoms with Crippen molar-refractivity contribution in [1.29, 1.82) is 0 Å². The number of nitrogens with one attached hydrogen (secondary N) is 1. The highest BCUT2D eigenvalue weighted by Gasteiger charge is 2.10. The van der Waals surface area contributed by atoms with Crippen LogP contribution in [-0.4, -0.2) is 22.2 Å². The van der Waals surface area contributed by atoms with E-state index in [-0.39, 0.29) is 5.91 Å². The first-order valence-corrected chi connectivity index (χ1v) is 6.54. The molecule has 1 aromatic carbocycles. The molecular formula is C12H11BrClN3O. The van der Waals surface area contributed by atoms with Gasteiger partial charge in [0, 0.05) is 23.4 Å². The number of carbonyl (C=O) groups excluding carboxylic acids is 1. The Hall–Kier alpha value is -1.33. The van der Waals surface area contributed by atoms with Crippen LogP contribution in [0.5, 0.6) is 0 Å². The van der Waals surface area contributed by atoms with Crippen molar-refractivity contribution < 1.29 is 4.79 Å². The van der Waals surface area contributed by atoms with Crippen molar-refractivity contribution >= 4 is 33.4 Å². The summed E-state index contributed by atoms with van der Waals surface area (Å²) in [7, 11) is 0. The first-order chi connectivity index (χ1) is 8.66. The number of hydrogen-bond donors (Lipinski definition) is 1. The van der Waals surface area contributed by atoms with E-state index in [4.69, 9.17) is 11.6 Å². The Kier molecular flexibility index (Phi) is 4.38. The highest BCUT2D eigenvalue weighted by molar-refractivity contribution is 9.10. The predicted molar refractivity (Wildman–Crippen MR) is 73.7 cm³/mol. The van der Waals surface area contributed by atoms with Crippen molar-refractivity contribution in [2.45, 2.75) is 6.54 Å². The second-order valence-corrected chi connectivity index (χ2v) is 4.97.